The van der Waals surface area contributed by atoms with Crippen molar-refractivity contribution in [1.29, 1.82) is 0 Å². The first-order valence-corrected chi connectivity index (χ1v) is 10.6. The van der Waals surface area contributed by atoms with E-state index in [4.69, 9.17) is 4.74 Å². The standard InChI is InChI=1S/C21H26F2N4O5/c1-10(28)5-25-20(30)18-14-8-26(9-15(14)18)19-16(22)3-12(4-17(19)23)27-7-13(32-21(27)31)6-24-11(2)29/h3-4,10,13-15,18,28H,5-9H2,1-2H3,(H,24,29)(H,25,30)/t10-,13+,14-,15+,18?/m1/s1. The van der Waals surface area contributed by atoms with Gasteiger partial charge in [-0.05, 0) is 18.8 Å². The number of nitrogens with zero attached hydrogens (tertiary/aromatic N) is 2. The molecule has 32 heavy (non-hydrogen) atoms. The number of fused-ring (bicyclic) bond motifs is 1. The van der Waals surface area contributed by atoms with Crippen LogP contribution in [0.3, 0.4) is 0 Å². The van der Waals surface area contributed by atoms with Gasteiger partial charge in [-0.2, -0.15) is 0 Å². The molecule has 11 heteroatoms. The highest BCUT2D eigenvalue weighted by Crippen LogP contribution is 2.53. The number of ether oxygens (including phenoxy) is 1. The maximum absolute atomic E-state index is 14.9. The first kappa shape index (κ1) is 22.3. The van der Waals surface area contributed by atoms with Gasteiger partial charge in [0.25, 0.3) is 0 Å². The monoisotopic (exact) mass is 452 g/mol. The summed E-state index contributed by atoms with van der Waals surface area (Å²) in [6.07, 6.45) is -1.98. The lowest BCUT2D eigenvalue weighted by molar-refractivity contribution is -0.123. The van der Waals surface area contributed by atoms with Gasteiger partial charge < -0.3 is 25.4 Å². The molecule has 2 saturated heterocycles. The summed E-state index contributed by atoms with van der Waals surface area (Å²) in [5.41, 5.74) is -0.134. The Kier molecular flexibility index (Phi) is 5.93. The number of halogens is 2. The van der Waals surface area contributed by atoms with Gasteiger partial charge in [0.1, 0.15) is 11.8 Å². The van der Waals surface area contributed by atoms with Crippen LogP contribution < -0.4 is 20.4 Å². The molecule has 3 aliphatic rings. The van der Waals surface area contributed by atoms with E-state index in [0.717, 1.165) is 17.0 Å². The van der Waals surface area contributed by atoms with Crippen molar-refractivity contribution in [3.05, 3.63) is 23.8 Å². The number of cyclic esters (lactones) is 1. The van der Waals surface area contributed by atoms with Crippen LogP contribution in [0.5, 0.6) is 0 Å². The van der Waals surface area contributed by atoms with Crippen LogP contribution in [-0.4, -0.2) is 67.9 Å². The molecule has 0 aromatic heterocycles. The summed E-state index contributed by atoms with van der Waals surface area (Å²) in [7, 11) is 0. The van der Waals surface area contributed by atoms with Crippen LogP contribution in [0.1, 0.15) is 13.8 Å². The van der Waals surface area contributed by atoms with Crippen LogP contribution in [0.4, 0.5) is 25.0 Å². The van der Waals surface area contributed by atoms with Gasteiger partial charge in [0.05, 0.1) is 24.9 Å². The van der Waals surface area contributed by atoms with Crippen molar-refractivity contribution in [2.24, 2.45) is 17.8 Å². The zero-order valence-electron chi connectivity index (χ0n) is 17.8. The average Bonchev–Trinajstić information content (AvgIpc) is 3.03. The van der Waals surface area contributed by atoms with Crippen molar-refractivity contribution in [3.63, 3.8) is 0 Å². The van der Waals surface area contributed by atoms with Crippen LogP contribution in [0.2, 0.25) is 0 Å². The molecule has 174 valence electrons. The molecule has 0 bridgehead atoms. The molecule has 1 aliphatic carbocycles. The maximum atomic E-state index is 14.9. The number of anilines is 2. The Labute approximate surface area is 183 Å². The molecule has 0 radical (unpaired) electrons. The van der Waals surface area contributed by atoms with E-state index in [9.17, 15) is 28.3 Å². The lowest BCUT2D eigenvalue weighted by Gasteiger charge is -2.24. The number of carbonyl (C=O) groups is 3. The van der Waals surface area contributed by atoms with Gasteiger partial charge in [0.2, 0.25) is 11.8 Å². The minimum absolute atomic E-state index is 0.0190. The molecule has 3 amide bonds. The molecule has 2 aliphatic heterocycles. The van der Waals surface area contributed by atoms with Gasteiger partial charge in [-0.3, -0.25) is 14.5 Å². The van der Waals surface area contributed by atoms with E-state index in [1.807, 2.05) is 0 Å². The number of amides is 3. The number of aliphatic hydroxyl groups excluding tert-OH is 1. The quantitative estimate of drug-likeness (QED) is 0.559. The fourth-order valence-corrected chi connectivity index (χ4v) is 4.57. The second-order valence-electron chi connectivity index (χ2n) is 8.66. The van der Waals surface area contributed by atoms with Crippen LogP contribution in [0.25, 0.3) is 0 Å². The summed E-state index contributed by atoms with van der Waals surface area (Å²) in [6.45, 7) is 3.98. The van der Waals surface area contributed by atoms with Crippen LogP contribution in [0.15, 0.2) is 12.1 Å². The minimum atomic E-state index is -0.797. The SMILES string of the molecule is CC(=O)NC[C@H]1CN(c2cc(F)c(N3C[C@@H]4C(C(=O)NC[C@@H](C)O)[C@@H]4C3)c(F)c2)C(=O)O1. The lowest BCUT2D eigenvalue weighted by Crippen LogP contribution is -2.35. The summed E-state index contributed by atoms with van der Waals surface area (Å²) in [6, 6.07) is 2.19. The zero-order valence-corrected chi connectivity index (χ0v) is 17.8. The molecular weight excluding hydrogens is 426 g/mol. The Morgan fingerprint density at radius 3 is 2.38 bits per heavy atom. The summed E-state index contributed by atoms with van der Waals surface area (Å²) in [5.74, 6) is -2.17. The van der Waals surface area contributed by atoms with E-state index < -0.39 is 29.9 Å². The maximum Gasteiger partial charge on any atom is 0.414 e. The third-order valence-corrected chi connectivity index (χ3v) is 6.15. The van der Waals surface area contributed by atoms with Gasteiger partial charge >= 0.3 is 6.09 Å². The number of piperidine rings is 1. The van der Waals surface area contributed by atoms with Gasteiger partial charge in [0, 0.05) is 44.6 Å². The normalized spacial score (nSPS) is 27.1. The van der Waals surface area contributed by atoms with E-state index in [1.54, 1.807) is 11.8 Å². The summed E-state index contributed by atoms with van der Waals surface area (Å²) < 4.78 is 34.9. The summed E-state index contributed by atoms with van der Waals surface area (Å²) >= 11 is 0. The average molecular weight is 452 g/mol. The highest BCUT2D eigenvalue weighted by Gasteiger charge is 2.59. The van der Waals surface area contributed by atoms with E-state index >= 15 is 0 Å². The molecular formula is C21H26F2N4O5. The van der Waals surface area contributed by atoms with Gasteiger partial charge in [-0.15, -0.1) is 0 Å². The number of rotatable bonds is 7. The number of aliphatic hydroxyl groups is 1. The Morgan fingerprint density at radius 2 is 1.81 bits per heavy atom. The van der Waals surface area contributed by atoms with E-state index in [-0.39, 0.29) is 60.6 Å². The van der Waals surface area contributed by atoms with Crippen molar-refractivity contribution < 1.29 is 33.0 Å². The summed E-state index contributed by atoms with van der Waals surface area (Å²) in [5, 5.41) is 14.5. The molecule has 1 aromatic carbocycles. The van der Waals surface area contributed by atoms with Crippen molar-refractivity contribution in [2.75, 3.05) is 42.5 Å². The molecule has 1 aromatic rings. The Hall–Kier alpha value is -2.95. The highest BCUT2D eigenvalue weighted by atomic mass is 19.1. The zero-order chi connectivity index (χ0) is 23.2. The molecule has 0 spiro atoms. The Balaban J connectivity index is 1.39. The second kappa shape index (κ2) is 8.53. The molecule has 1 saturated carbocycles. The van der Waals surface area contributed by atoms with Crippen LogP contribution in [0, 0.1) is 29.4 Å². The Morgan fingerprint density at radius 1 is 1.19 bits per heavy atom. The largest absolute Gasteiger partial charge is 0.442 e. The van der Waals surface area contributed by atoms with E-state index in [1.165, 1.54) is 6.92 Å². The van der Waals surface area contributed by atoms with Gasteiger partial charge in [-0.25, -0.2) is 13.6 Å². The van der Waals surface area contributed by atoms with Crippen molar-refractivity contribution >= 4 is 29.3 Å². The first-order chi connectivity index (χ1) is 15.2. The molecule has 3 fully saturated rings. The predicted molar refractivity (Wildman–Crippen MR) is 110 cm³/mol. The molecule has 4 rings (SSSR count). The third kappa shape index (κ3) is 4.34. The fraction of sp³-hybridized carbons (Fsp3) is 0.571. The molecule has 2 heterocycles. The van der Waals surface area contributed by atoms with Crippen molar-refractivity contribution in [3.8, 4) is 0 Å². The number of benzene rings is 1. The van der Waals surface area contributed by atoms with E-state index in [0.29, 0.717) is 13.1 Å². The summed E-state index contributed by atoms with van der Waals surface area (Å²) in [4.78, 5) is 38.0. The van der Waals surface area contributed by atoms with Crippen molar-refractivity contribution in [1.82, 2.24) is 10.6 Å². The molecule has 1 unspecified atom stereocenters. The minimum Gasteiger partial charge on any atom is -0.442 e. The van der Waals surface area contributed by atoms with E-state index in [2.05, 4.69) is 10.6 Å². The lowest BCUT2D eigenvalue weighted by atomic mass is 10.2. The highest BCUT2D eigenvalue weighted by molar-refractivity contribution is 5.90. The molecule has 5 atom stereocenters. The third-order valence-electron chi connectivity index (χ3n) is 6.15. The number of carbonyl (C=O) groups excluding carboxylic acids is 3. The number of nitrogens with one attached hydrogen (secondary N) is 2. The molecule has 9 nitrogen and oxygen atoms in total. The fourth-order valence-electron chi connectivity index (χ4n) is 4.57. The predicted octanol–water partition coefficient (Wildman–Crippen LogP) is 0.605. The van der Waals surface area contributed by atoms with Gasteiger partial charge in [-0.1, -0.05) is 0 Å². The number of hydrogen-bond acceptors (Lipinski definition) is 6. The number of hydrogen-bond donors (Lipinski definition) is 3. The smallest absolute Gasteiger partial charge is 0.414 e. The Bertz CT molecular complexity index is 908. The molecule has 3 N–H and O–H groups in total. The van der Waals surface area contributed by atoms with Crippen LogP contribution in [-0.2, 0) is 14.3 Å². The van der Waals surface area contributed by atoms with Crippen molar-refractivity contribution in [2.45, 2.75) is 26.1 Å². The van der Waals surface area contributed by atoms with Gasteiger partial charge in [0.15, 0.2) is 11.6 Å². The first-order valence-electron chi connectivity index (χ1n) is 10.6. The second-order valence-corrected chi connectivity index (χ2v) is 8.66. The topological polar surface area (TPSA) is 111 Å². The van der Waals surface area contributed by atoms with Crippen LogP contribution >= 0.6 is 0 Å².